The Hall–Kier alpha value is -4.59. The number of benzene rings is 1. The van der Waals surface area contributed by atoms with Gasteiger partial charge in [-0.25, -0.2) is 4.98 Å². The predicted molar refractivity (Wildman–Crippen MR) is 139 cm³/mol. The van der Waals surface area contributed by atoms with Gasteiger partial charge in [-0.05, 0) is 22.9 Å². The fraction of sp³-hybridized carbons (Fsp3) is 0.370. The Balaban J connectivity index is 1.16. The van der Waals surface area contributed by atoms with Crippen LogP contribution < -0.4 is 0 Å². The number of piperazine rings is 1. The minimum Gasteiger partial charge on any atom is -0.441 e. The summed E-state index contributed by atoms with van der Waals surface area (Å²) in [6.07, 6.45) is 2.13. The van der Waals surface area contributed by atoms with Crippen LogP contribution in [0.5, 0.6) is 0 Å². The molecule has 0 N–H and O–H groups in total. The van der Waals surface area contributed by atoms with Gasteiger partial charge in [0.2, 0.25) is 11.8 Å². The molecule has 14 heteroatoms. The van der Waals surface area contributed by atoms with Crippen molar-refractivity contribution in [1.29, 1.82) is 0 Å². The van der Waals surface area contributed by atoms with E-state index in [1.54, 1.807) is 28.1 Å². The molecule has 5 heterocycles. The minimum atomic E-state index is -2.89. The van der Waals surface area contributed by atoms with Crippen molar-refractivity contribution in [2.24, 2.45) is 0 Å². The molecule has 4 aromatic rings. The van der Waals surface area contributed by atoms with E-state index >= 15 is 0 Å². The lowest BCUT2D eigenvalue weighted by molar-refractivity contribution is -0.129. The second kappa shape index (κ2) is 11.1. The molecule has 1 aromatic carbocycles. The summed E-state index contributed by atoms with van der Waals surface area (Å²) in [5.74, 6) is 1.06. The summed E-state index contributed by atoms with van der Waals surface area (Å²) in [6.45, 7) is 1.34. The van der Waals surface area contributed by atoms with Crippen molar-refractivity contribution in [3.63, 3.8) is 0 Å². The topological polar surface area (TPSA) is 126 Å². The van der Waals surface area contributed by atoms with E-state index in [-0.39, 0.29) is 23.3 Å². The fourth-order valence-electron chi connectivity index (χ4n) is 5.20. The number of aromatic nitrogens is 6. The highest BCUT2D eigenvalue weighted by Crippen LogP contribution is 2.29. The summed E-state index contributed by atoms with van der Waals surface area (Å²) in [7, 11) is 0. The Labute approximate surface area is 233 Å². The summed E-state index contributed by atoms with van der Waals surface area (Å²) in [5, 5.41) is 11.3. The SMILES string of the molecule is CC(=O)N1CCc2oc(-c3ccnc(C(=O)N4CCN([C@H](c5ccccc5)c5nnn(C(F)F)n5)CC4)c3)nc2C1. The Bertz CT molecular complexity index is 1550. The molecule has 1 fully saturated rings. The van der Waals surface area contributed by atoms with Crippen molar-refractivity contribution in [2.75, 3.05) is 32.7 Å². The van der Waals surface area contributed by atoms with Gasteiger partial charge in [0, 0.05) is 57.8 Å². The number of nitrogens with zero attached hydrogens (tertiary/aromatic N) is 9. The molecule has 1 atom stereocenters. The summed E-state index contributed by atoms with van der Waals surface area (Å²) >= 11 is 0. The van der Waals surface area contributed by atoms with Crippen molar-refractivity contribution in [2.45, 2.75) is 32.5 Å². The number of alkyl halides is 2. The zero-order valence-electron chi connectivity index (χ0n) is 22.2. The molecule has 2 amide bonds. The number of rotatable bonds is 6. The molecule has 2 aliphatic rings. The van der Waals surface area contributed by atoms with Crippen LogP contribution >= 0.6 is 0 Å². The van der Waals surface area contributed by atoms with Crippen LogP contribution in [0.15, 0.2) is 53.1 Å². The molecular weight excluding hydrogens is 536 g/mol. The van der Waals surface area contributed by atoms with Gasteiger partial charge in [0.1, 0.15) is 17.1 Å². The first-order valence-corrected chi connectivity index (χ1v) is 13.2. The molecule has 3 aromatic heterocycles. The maximum Gasteiger partial charge on any atom is 0.350 e. The maximum atomic E-state index is 13.4. The third-order valence-corrected chi connectivity index (χ3v) is 7.34. The average Bonchev–Trinajstić information content (AvgIpc) is 3.66. The van der Waals surface area contributed by atoms with Gasteiger partial charge in [0.15, 0.2) is 5.82 Å². The lowest BCUT2D eigenvalue weighted by Crippen LogP contribution is -2.50. The van der Waals surface area contributed by atoms with E-state index in [4.69, 9.17) is 4.42 Å². The van der Waals surface area contributed by atoms with Gasteiger partial charge in [-0.1, -0.05) is 35.1 Å². The Morgan fingerprint density at radius 2 is 1.78 bits per heavy atom. The van der Waals surface area contributed by atoms with Gasteiger partial charge in [0.25, 0.3) is 5.91 Å². The normalized spacial score (nSPS) is 16.6. The Morgan fingerprint density at radius 3 is 2.49 bits per heavy atom. The maximum absolute atomic E-state index is 13.4. The summed E-state index contributed by atoms with van der Waals surface area (Å²) in [4.78, 5) is 39.8. The molecule has 6 rings (SSSR count). The monoisotopic (exact) mass is 563 g/mol. The summed E-state index contributed by atoms with van der Waals surface area (Å²) in [5.41, 5.74) is 2.45. The van der Waals surface area contributed by atoms with Crippen molar-refractivity contribution >= 4 is 11.8 Å². The van der Waals surface area contributed by atoms with Gasteiger partial charge in [-0.2, -0.15) is 8.78 Å². The van der Waals surface area contributed by atoms with Gasteiger partial charge >= 0.3 is 6.55 Å². The number of carbonyl (C=O) groups excluding carboxylic acids is 2. The molecule has 12 nitrogen and oxygen atoms in total. The number of hydrogen-bond acceptors (Lipinski definition) is 9. The van der Waals surface area contributed by atoms with Crippen molar-refractivity contribution in [1.82, 2.24) is 44.9 Å². The van der Waals surface area contributed by atoms with Crippen LogP contribution in [0, 0.1) is 0 Å². The number of carbonyl (C=O) groups is 2. The average molecular weight is 564 g/mol. The molecule has 2 aliphatic heterocycles. The smallest absolute Gasteiger partial charge is 0.350 e. The van der Waals surface area contributed by atoms with E-state index in [9.17, 15) is 18.4 Å². The number of oxazole rings is 1. The molecule has 212 valence electrons. The van der Waals surface area contributed by atoms with Gasteiger partial charge in [-0.3, -0.25) is 19.5 Å². The molecule has 0 bridgehead atoms. The van der Waals surface area contributed by atoms with E-state index in [1.807, 2.05) is 30.3 Å². The van der Waals surface area contributed by atoms with Gasteiger partial charge < -0.3 is 14.2 Å². The molecule has 0 saturated carbocycles. The molecule has 0 spiro atoms. The summed E-state index contributed by atoms with van der Waals surface area (Å²) in [6, 6.07) is 12.3. The molecule has 0 aliphatic carbocycles. The van der Waals surface area contributed by atoms with E-state index < -0.39 is 12.6 Å². The van der Waals surface area contributed by atoms with Crippen LogP contribution in [0.2, 0.25) is 0 Å². The largest absolute Gasteiger partial charge is 0.441 e. The Morgan fingerprint density at radius 1 is 1.00 bits per heavy atom. The second-order valence-corrected chi connectivity index (χ2v) is 9.90. The molecule has 1 saturated heterocycles. The van der Waals surface area contributed by atoms with E-state index in [0.717, 1.165) is 17.0 Å². The van der Waals surface area contributed by atoms with Crippen LogP contribution in [0.3, 0.4) is 0 Å². The summed E-state index contributed by atoms with van der Waals surface area (Å²) < 4.78 is 32.2. The second-order valence-electron chi connectivity index (χ2n) is 9.90. The minimum absolute atomic E-state index is 0.0112. The van der Waals surface area contributed by atoms with Crippen LogP contribution in [-0.4, -0.2) is 89.4 Å². The van der Waals surface area contributed by atoms with E-state index in [2.05, 4.69) is 30.3 Å². The number of pyridine rings is 1. The van der Waals surface area contributed by atoms with Gasteiger partial charge in [-0.15, -0.1) is 10.2 Å². The third kappa shape index (κ3) is 5.42. The predicted octanol–water partition coefficient (Wildman–Crippen LogP) is 2.57. The highest BCUT2D eigenvalue weighted by atomic mass is 19.3. The number of halogens is 2. The fourth-order valence-corrected chi connectivity index (χ4v) is 5.20. The first-order chi connectivity index (χ1) is 19.9. The third-order valence-electron chi connectivity index (χ3n) is 7.34. The van der Waals surface area contributed by atoms with Crippen LogP contribution in [0.1, 0.15) is 52.8 Å². The van der Waals surface area contributed by atoms with Crippen LogP contribution in [0.4, 0.5) is 8.78 Å². The van der Waals surface area contributed by atoms with Crippen LogP contribution in [-0.2, 0) is 17.8 Å². The van der Waals surface area contributed by atoms with Crippen LogP contribution in [0.25, 0.3) is 11.5 Å². The lowest BCUT2D eigenvalue weighted by Gasteiger charge is -2.38. The zero-order chi connectivity index (χ0) is 28.5. The Kier molecular flexibility index (Phi) is 7.22. The molecule has 41 heavy (non-hydrogen) atoms. The number of fused-ring (bicyclic) bond motifs is 1. The van der Waals surface area contributed by atoms with E-state index in [0.29, 0.717) is 61.9 Å². The first-order valence-electron chi connectivity index (χ1n) is 13.2. The molecular formula is C27H27F2N9O3. The van der Waals surface area contributed by atoms with Gasteiger partial charge in [0.05, 0.1) is 12.6 Å². The number of tetrazole rings is 1. The van der Waals surface area contributed by atoms with Crippen molar-refractivity contribution in [3.8, 4) is 11.5 Å². The quantitative estimate of drug-likeness (QED) is 0.348. The van der Waals surface area contributed by atoms with Crippen molar-refractivity contribution in [3.05, 3.63) is 77.2 Å². The zero-order valence-corrected chi connectivity index (χ0v) is 22.2. The molecule has 0 unspecified atom stereocenters. The van der Waals surface area contributed by atoms with E-state index in [1.165, 1.54) is 6.92 Å². The first kappa shape index (κ1) is 26.6. The number of hydrogen-bond donors (Lipinski definition) is 0. The molecule has 0 radical (unpaired) electrons. The number of amides is 2. The van der Waals surface area contributed by atoms with Crippen molar-refractivity contribution < 1.29 is 22.8 Å². The standard InChI is InChI=1S/C27H27F2N9O3/c1-17(39)37-10-8-22-21(16-37)31-25(41-22)19-7-9-30-20(15-19)26(40)36-13-11-35(12-14-36)23(18-5-3-2-4-6-18)24-32-34-38(33-24)27(28)29/h2-7,9,15,23,27H,8,10-14,16H2,1H3/t23-/m1/s1. The lowest BCUT2D eigenvalue weighted by atomic mass is 10.0. The highest BCUT2D eigenvalue weighted by molar-refractivity contribution is 5.93. The highest BCUT2D eigenvalue weighted by Gasteiger charge is 2.32.